The minimum Gasteiger partial charge on any atom is -0.264 e. The van der Waals surface area contributed by atoms with Gasteiger partial charge in [-0.15, -0.1) is 0 Å². The van der Waals surface area contributed by atoms with Gasteiger partial charge < -0.3 is 0 Å². The van der Waals surface area contributed by atoms with Crippen LogP contribution in [0.25, 0.3) is 97.9 Å². The first kappa shape index (κ1) is 23.7. The summed E-state index contributed by atoms with van der Waals surface area (Å²) in [5.41, 5.74) is 5.37. The van der Waals surface area contributed by atoms with Gasteiger partial charge in [-0.05, 0) is 83.2 Å². The molecule has 0 fully saturated rings. The van der Waals surface area contributed by atoms with Gasteiger partial charge in [0, 0.05) is 34.1 Å². The van der Waals surface area contributed by atoms with Crippen molar-refractivity contribution in [1.29, 1.82) is 0 Å². The Morgan fingerprint density at radius 2 is 1.05 bits per heavy atom. The molecule has 8 aromatic carbocycles. The van der Waals surface area contributed by atoms with Crippen LogP contribution in [0.3, 0.4) is 0 Å². The zero-order valence-electron chi connectivity index (χ0n) is 23.8. The highest BCUT2D eigenvalue weighted by molar-refractivity contribution is 6.34. The highest BCUT2D eigenvalue weighted by atomic mass is 14.7. The lowest BCUT2D eigenvalue weighted by molar-refractivity contribution is 1.31. The molecule has 0 radical (unpaired) electrons. The van der Waals surface area contributed by atoms with Crippen molar-refractivity contribution in [3.63, 3.8) is 0 Å². The van der Waals surface area contributed by atoms with Gasteiger partial charge in [-0.3, -0.25) is 4.98 Å². The average molecular weight is 557 g/mol. The van der Waals surface area contributed by atoms with Crippen LogP contribution in [0.1, 0.15) is 0 Å². The van der Waals surface area contributed by atoms with Crippen LogP contribution in [0.15, 0.2) is 146 Å². The molecule has 10 rings (SSSR count). The van der Waals surface area contributed by atoms with Gasteiger partial charge in [-0.2, -0.15) is 0 Å². The van der Waals surface area contributed by atoms with Crippen molar-refractivity contribution in [2.24, 2.45) is 0 Å². The molecule has 2 heteroatoms. The van der Waals surface area contributed by atoms with Gasteiger partial charge in [0.15, 0.2) is 0 Å². The van der Waals surface area contributed by atoms with E-state index in [1.807, 2.05) is 18.5 Å². The second-order valence-electron chi connectivity index (χ2n) is 11.7. The van der Waals surface area contributed by atoms with E-state index in [0.29, 0.717) is 0 Å². The maximum absolute atomic E-state index is 5.44. The summed E-state index contributed by atoms with van der Waals surface area (Å²) < 4.78 is 0. The fourth-order valence-electron chi connectivity index (χ4n) is 7.55. The van der Waals surface area contributed by atoms with E-state index in [0.717, 1.165) is 22.2 Å². The largest absolute Gasteiger partial charge is 0.264 e. The van der Waals surface area contributed by atoms with Crippen LogP contribution in [0.4, 0.5) is 0 Å². The van der Waals surface area contributed by atoms with Crippen molar-refractivity contribution in [1.82, 2.24) is 9.97 Å². The summed E-state index contributed by atoms with van der Waals surface area (Å²) in [6, 6.07) is 48.6. The monoisotopic (exact) mass is 556 g/mol. The highest BCUT2D eigenvalue weighted by Gasteiger charge is 2.19. The van der Waals surface area contributed by atoms with Gasteiger partial charge in [0.1, 0.15) is 0 Å². The first-order valence-corrected chi connectivity index (χ1v) is 15.1. The van der Waals surface area contributed by atoms with E-state index in [1.165, 1.54) is 75.8 Å². The Labute approximate surface area is 253 Å². The first-order chi connectivity index (χ1) is 21.8. The van der Waals surface area contributed by atoms with Crippen LogP contribution < -0.4 is 0 Å². The van der Waals surface area contributed by atoms with E-state index in [4.69, 9.17) is 4.98 Å². The number of rotatable bonds is 2. The Hall–Kier alpha value is -5.86. The quantitative estimate of drug-likeness (QED) is 0.198. The van der Waals surface area contributed by atoms with Crippen molar-refractivity contribution < 1.29 is 0 Å². The second kappa shape index (κ2) is 8.82. The van der Waals surface area contributed by atoms with Crippen LogP contribution in [0.2, 0.25) is 0 Å². The lowest BCUT2D eigenvalue weighted by atomic mass is 9.88. The third-order valence-corrected chi connectivity index (χ3v) is 9.44. The van der Waals surface area contributed by atoms with E-state index in [-0.39, 0.29) is 0 Å². The summed E-state index contributed by atoms with van der Waals surface area (Å²) in [6.45, 7) is 0. The summed E-state index contributed by atoms with van der Waals surface area (Å²) in [4.78, 5) is 9.93. The molecule has 0 aliphatic carbocycles. The summed E-state index contributed by atoms with van der Waals surface area (Å²) in [6.07, 6.45) is 3.76. The Morgan fingerprint density at radius 1 is 0.386 bits per heavy atom. The molecule has 2 heterocycles. The topological polar surface area (TPSA) is 25.8 Å². The van der Waals surface area contributed by atoms with Crippen LogP contribution in [-0.4, -0.2) is 9.97 Å². The normalized spacial score (nSPS) is 12.1. The molecule has 0 aliphatic heterocycles. The molecule has 0 bridgehead atoms. The molecule has 0 unspecified atom stereocenters. The molecule has 10 aromatic rings. The maximum atomic E-state index is 5.44. The Balaban J connectivity index is 1.34. The van der Waals surface area contributed by atoms with Gasteiger partial charge in [-0.25, -0.2) is 4.98 Å². The third kappa shape index (κ3) is 3.20. The number of aromatic nitrogens is 2. The average Bonchev–Trinajstić information content (AvgIpc) is 3.10. The van der Waals surface area contributed by atoms with Crippen molar-refractivity contribution in [2.75, 3.05) is 0 Å². The van der Waals surface area contributed by atoms with E-state index in [2.05, 4.69) is 132 Å². The Kier molecular flexibility index (Phi) is 4.75. The maximum Gasteiger partial charge on any atom is 0.0810 e. The lowest BCUT2D eigenvalue weighted by Crippen LogP contribution is -1.94. The molecule has 0 spiro atoms. The predicted molar refractivity (Wildman–Crippen MR) is 187 cm³/mol. The van der Waals surface area contributed by atoms with Gasteiger partial charge in [0.2, 0.25) is 0 Å². The first-order valence-electron chi connectivity index (χ1n) is 15.1. The molecule has 2 nitrogen and oxygen atoms in total. The van der Waals surface area contributed by atoms with Gasteiger partial charge in [0.05, 0.1) is 11.2 Å². The summed E-state index contributed by atoms with van der Waals surface area (Å²) >= 11 is 0. The molecule has 0 amide bonds. The Bertz CT molecular complexity index is 2750. The van der Waals surface area contributed by atoms with Gasteiger partial charge in [-0.1, -0.05) is 115 Å². The summed E-state index contributed by atoms with van der Waals surface area (Å²) in [7, 11) is 0. The molecular formula is C42H24N2. The zero-order valence-corrected chi connectivity index (χ0v) is 23.8. The molecule has 0 atom stereocenters. The van der Waals surface area contributed by atoms with Crippen molar-refractivity contribution in [3.8, 4) is 22.4 Å². The minimum atomic E-state index is 0.968. The van der Waals surface area contributed by atoms with Crippen LogP contribution in [-0.2, 0) is 0 Å². The number of hydrogen-bond acceptors (Lipinski definition) is 2. The molecule has 2 aromatic heterocycles. The molecule has 44 heavy (non-hydrogen) atoms. The zero-order chi connectivity index (χ0) is 28.8. The van der Waals surface area contributed by atoms with E-state index in [9.17, 15) is 0 Å². The number of nitrogens with zero attached hydrogens (tertiary/aromatic N) is 2. The van der Waals surface area contributed by atoms with E-state index >= 15 is 0 Å². The van der Waals surface area contributed by atoms with Crippen LogP contribution in [0, 0.1) is 0 Å². The minimum absolute atomic E-state index is 0.968. The fourth-order valence-corrected chi connectivity index (χ4v) is 7.55. The molecule has 202 valence electrons. The van der Waals surface area contributed by atoms with Crippen molar-refractivity contribution in [3.05, 3.63) is 146 Å². The Morgan fingerprint density at radius 3 is 1.80 bits per heavy atom. The molecular weight excluding hydrogens is 532 g/mol. The van der Waals surface area contributed by atoms with Gasteiger partial charge in [0.25, 0.3) is 0 Å². The standard InChI is InChI=1S/C42H24N2/c1-3-12-33-31(10-1)32-11-2-4-13-34(32)41-40(33)36-21-18-28(23-37(36)44-42(41)29-9-6-22-43-24-29)30-19-16-27-15-14-25-7-5-8-26-17-20-35(30)39(27)38(25)26/h1-24H. The summed E-state index contributed by atoms with van der Waals surface area (Å²) in [5.74, 6) is 0. The van der Waals surface area contributed by atoms with Crippen LogP contribution >= 0.6 is 0 Å². The molecule has 0 saturated heterocycles. The number of benzene rings is 8. The van der Waals surface area contributed by atoms with E-state index in [1.54, 1.807) is 0 Å². The second-order valence-corrected chi connectivity index (χ2v) is 11.7. The van der Waals surface area contributed by atoms with Crippen molar-refractivity contribution >= 4 is 75.5 Å². The molecule has 0 saturated carbocycles. The smallest absolute Gasteiger partial charge is 0.0810 e. The molecule has 0 aliphatic rings. The number of pyridine rings is 2. The fraction of sp³-hybridized carbons (Fsp3) is 0. The predicted octanol–water partition coefficient (Wildman–Crippen LogP) is 11.3. The number of hydrogen-bond donors (Lipinski definition) is 0. The van der Waals surface area contributed by atoms with Gasteiger partial charge >= 0.3 is 0 Å². The van der Waals surface area contributed by atoms with Crippen molar-refractivity contribution in [2.45, 2.75) is 0 Å². The lowest BCUT2D eigenvalue weighted by Gasteiger charge is -2.17. The molecule has 0 N–H and O–H groups in total. The van der Waals surface area contributed by atoms with E-state index < -0.39 is 0 Å². The highest BCUT2D eigenvalue weighted by Crippen LogP contribution is 2.44. The number of fused-ring (bicyclic) bond motifs is 8. The SMILES string of the molecule is c1cncc(-c2nc3cc(-c4ccc5ccc6cccc7ccc4c5c67)ccc3c3c4ccccc4c4ccccc4c23)c1. The summed E-state index contributed by atoms with van der Waals surface area (Å²) in [5, 5.41) is 16.3. The van der Waals surface area contributed by atoms with Crippen LogP contribution in [0.5, 0.6) is 0 Å². The third-order valence-electron chi connectivity index (χ3n) is 9.44.